The Morgan fingerprint density at radius 3 is 2.88 bits per heavy atom. The Morgan fingerprint density at radius 1 is 1.41 bits per heavy atom. The molecule has 0 aliphatic rings. The maximum absolute atomic E-state index is 13.2. The Kier molecular flexibility index (Phi) is 3.23. The quantitative estimate of drug-likeness (QED) is 0.825. The predicted octanol–water partition coefficient (Wildman–Crippen LogP) is 2.78. The molecule has 0 aliphatic heterocycles. The van der Waals surface area contributed by atoms with E-state index in [0.717, 1.165) is 0 Å². The van der Waals surface area contributed by atoms with Gasteiger partial charge in [0.25, 0.3) is 0 Å². The average molecular weight is 233 g/mol. The summed E-state index contributed by atoms with van der Waals surface area (Å²) in [5.41, 5.74) is 0.644. The number of ether oxygens (including phenoxy) is 1. The van der Waals surface area contributed by atoms with Crippen molar-refractivity contribution in [1.82, 2.24) is 4.98 Å². The van der Waals surface area contributed by atoms with Gasteiger partial charge in [-0.25, -0.2) is 4.39 Å². The molecule has 0 atom stereocenters. The molecule has 0 aliphatic carbocycles. The Balaban J connectivity index is 2.42. The topological polar surface area (TPSA) is 42.1 Å². The van der Waals surface area contributed by atoms with Crippen molar-refractivity contribution >= 4 is 5.78 Å². The summed E-state index contributed by atoms with van der Waals surface area (Å²) in [6, 6.07) is 7.29. The van der Waals surface area contributed by atoms with Gasteiger partial charge in [-0.2, -0.15) is 0 Å². The zero-order chi connectivity index (χ0) is 12.3. The molecule has 2 rings (SSSR count). The number of carbonyl (C=O) groups excluding carboxylic acids is 1. The molecule has 1 heterocycles. The van der Waals surface area contributed by atoms with Crippen molar-refractivity contribution < 1.29 is 13.9 Å². The molecule has 17 heavy (non-hydrogen) atoms. The first-order chi connectivity index (χ1) is 8.22. The molecule has 3 nitrogen and oxygen atoms in total. The SMILES string of the molecule is CCOc1ccc(F)cc1C(=O)c1ccc[nH]1. The van der Waals surface area contributed by atoms with Gasteiger partial charge in [-0.15, -0.1) is 0 Å². The van der Waals surface area contributed by atoms with E-state index in [1.54, 1.807) is 18.3 Å². The van der Waals surface area contributed by atoms with Crippen molar-refractivity contribution in [2.24, 2.45) is 0 Å². The molecule has 0 saturated carbocycles. The summed E-state index contributed by atoms with van der Waals surface area (Å²) in [4.78, 5) is 14.9. The molecule has 0 spiro atoms. The Hall–Kier alpha value is -2.10. The lowest BCUT2D eigenvalue weighted by Gasteiger charge is -2.08. The highest BCUT2D eigenvalue weighted by atomic mass is 19.1. The lowest BCUT2D eigenvalue weighted by molar-refractivity contribution is 0.103. The number of benzene rings is 1. The molecule has 2 aromatic rings. The molecular formula is C13H12FNO2. The smallest absolute Gasteiger partial charge is 0.212 e. The van der Waals surface area contributed by atoms with Crippen molar-refractivity contribution in [2.45, 2.75) is 6.92 Å². The zero-order valence-corrected chi connectivity index (χ0v) is 9.37. The summed E-state index contributed by atoms with van der Waals surface area (Å²) in [5.74, 6) is -0.338. The van der Waals surface area contributed by atoms with Crippen LogP contribution in [0, 0.1) is 5.82 Å². The summed E-state index contributed by atoms with van der Waals surface area (Å²) in [6.07, 6.45) is 1.65. The molecule has 0 saturated heterocycles. The van der Waals surface area contributed by atoms with Crippen LogP contribution in [0.4, 0.5) is 4.39 Å². The molecule has 88 valence electrons. The third kappa shape index (κ3) is 2.36. The van der Waals surface area contributed by atoms with Crippen molar-refractivity contribution in [3.05, 3.63) is 53.6 Å². The van der Waals surface area contributed by atoms with Gasteiger partial charge < -0.3 is 9.72 Å². The highest BCUT2D eigenvalue weighted by Gasteiger charge is 2.16. The normalized spacial score (nSPS) is 10.2. The Labute approximate surface area is 98.2 Å². The van der Waals surface area contributed by atoms with E-state index in [4.69, 9.17) is 4.74 Å². The number of carbonyl (C=O) groups is 1. The fourth-order valence-corrected chi connectivity index (χ4v) is 1.58. The number of H-pyrrole nitrogens is 1. The van der Waals surface area contributed by atoms with E-state index in [-0.39, 0.29) is 11.3 Å². The van der Waals surface area contributed by atoms with E-state index < -0.39 is 5.82 Å². The van der Waals surface area contributed by atoms with Crippen LogP contribution in [-0.2, 0) is 0 Å². The van der Waals surface area contributed by atoms with Crippen LogP contribution in [0.2, 0.25) is 0 Å². The van der Waals surface area contributed by atoms with Crippen LogP contribution in [0.5, 0.6) is 5.75 Å². The molecule has 0 radical (unpaired) electrons. The van der Waals surface area contributed by atoms with E-state index in [0.29, 0.717) is 18.1 Å². The third-order valence-electron chi connectivity index (χ3n) is 2.33. The standard InChI is InChI=1S/C13H12FNO2/c1-2-17-12-6-5-9(14)8-10(12)13(16)11-4-3-7-15-11/h3-8,15H,2H2,1H3. The molecule has 1 N–H and O–H groups in total. The maximum atomic E-state index is 13.2. The van der Waals surface area contributed by atoms with E-state index in [1.807, 2.05) is 6.92 Å². The molecule has 0 bridgehead atoms. The van der Waals surface area contributed by atoms with Gasteiger partial charge in [-0.3, -0.25) is 4.79 Å². The molecule has 0 amide bonds. The molecule has 4 heteroatoms. The molecular weight excluding hydrogens is 221 g/mol. The van der Waals surface area contributed by atoms with Gasteiger partial charge in [0, 0.05) is 6.20 Å². The highest BCUT2D eigenvalue weighted by Crippen LogP contribution is 2.22. The number of aromatic nitrogens is 1. The van der Waals surface area contributed by atoms with E-state index >= 15 is 0 Å². The van der Waals surface area contributed by atoms with Crippen LogP contribution in [0.3, 0.4) is 0 Å². The Bertz CT molecular complexity index is 520. The number of hydrogen-bond donors (Lipinski definition) is 1. The minimum Gasteiger partial charge on any atom is -0.493 e. The molecule has 0 unspecified atom stereocenters. The van der Waals surface area contributed by atoms with Crippen LogP contribution in [0.1, 0.15) is 23.0 Å². The predicted molar refractivity (Wildman–Crippen MR) is 61.8 cm³/mol. The van der Waals surface area contributed by atoms with Crippen LogP contribution < -0.4 is 4.74 Å². The summed E-state index contributed by atoms with van der Waals surface area (Å²) < 4.78 is 18.5. The third-order valence-corrected chi connectivity index (χ3v) is 2.33. The van der Waals surface area contributed by atoms with Crippen molar-refractivity contribution in [2.75, 3.05) is 6.61 Å². The minimum atomic E-state index is -0.455. The van der Waals surface area contributed by atoms with Gasteiger partial charge in [-0.05, 0) is 37.3 Å². The van der Waals surface area contributed by atoms with Gasteiger partial charge in [0.05, 0.1) is 17.9 Å². The number of aromatic amines is 1. The highest BCUT2D eigenvalue weighted by molar-refractivity contribution is 6.09. The zero-order valence-electron chi connectivity index (χ0n) is 9.37. The second-order valence-electron chi connectivity index (χ2n) is 3.49. The second-order valence-corrected chi connectivity index (χ2v) is 3.49. The van der Waals surface area contributed by atoms with Crippen LogP contribution in [0.25, 0.3) is 0 Å². The van der Waals surface area contributed by atoms with Gasteiger partial charge in [0.1, 0.15) is 11.6 Å². The number of rotatable bonds is 4. The van der Waals surface area contributed by atoms with E-state index in [9.17, 15) is 9.18 Å². The lowest BCUT2D eigenvalue weighted by atomic mass is 10.1. The largest absolute Gasteiger partial charge is 0.493 e. The number of hydrogen-bond acceptors (Lipinski definition) is 2. The summed E-state index contributed by atoms with van der Waals surface area (Å²) >= 11 is 0. The summed E-state index contributed by atoms with van der Waals surface area (Å²) in [5, 5.41) is 0. The van der Waals surface area contributed by atoms with Crippen molar-refractivity contribution in [3.8, 4) is 5.75 Å². The number of ketones is 1. The minimum absolute atomic E-state index is 0.231. The monoisotopic (exact) mass is 233 g/mol. The van der Waals surface area contributed by atoms with Crippen LogP contribution in [-0.4, -0.2) is 17.4 Å². The summed E-state index contributed by atoms with van der Waals surface area (Å²) in [7, 11) is 0. The van der Waals surface area contributed by atoms with Crippen molar-refractivity contribution in [1.29, 1.82) is 0 Å². The van der Waals surface area contributed by atoms with E-state index in [1.165, 1.54) is 18.2 Å². The lowest BCUT2D eigenvalue weighted by Crippen LogP contribution is -2.06. The number of halogens is 1. The summed E-state index contributed by atoms with van der Waals surface area (Å²) in [6.45, 7) is 2.24. The Morgan fingerprint density at radius 2 is 2.24 bits per heavy atom. The average Bonchev–Trinajstić information content (AvgIpc) is 2.84. The molecule has 0 fully saturated rings. The molecule has 1 aromatic carbocycles. The first kappa shape index (κ1) is 11.4. The maximum Gasteiger partial charge on any atom is 0.212 e. The first-order valence-corrected chi connectivity index (χ1v) is 5.33. The van der Waals surface area contributed by atoms with Crippen LogP contribution >= 0.6 is 0 Å². The van der Waals surface area contributed by atoms with Gasteiger partial charge in [0.15, 0.2) is 0 Å². The van der Waals surface area contributed by atoms with Gasteiger partial charge >= 0.3 is 0 Å². The fraction of sp³-hybridized carbons (Fsp3) is 0.154. The van der Waals surface area contributed by atoms with Gasteiger partial charge in [0.2, 0.25) is 5.78 Å². The van der Waals surface area contributed by atoms with Gasteiger partial charge in [-0.1, -0.05) is 0 Å². The van der Waals surface area contributed by atoms with Crippen molar-refractivity contribution in [3.63, 3.8) is 0 Å². The second kappa shape index (κ2) is 4.82. The molecule has 1 aromatic heterocycles. The first-order valence-electron chi connectivity index (χ1n) is 5.33. The van der Waals surface area contributed by atoms with Crippen LogP contribution in [0.15, 0.2) is 36.5 Å². The fourth-order valence-electron chi connectivity index (χ4n) is 1.58. The van der Waals surface area contributed by atoms with E-state index in [2.05, 4.69) is 4.98 Å². The number of nitrogens with one attached hydrogen (secondary N) is 1.